The van der Waals surface area contributed by atoms with Gasteiger partial charge in [0.05, 0.1) is 35.8 Å². The SMILES string of the molecule is CCOC(=O)c1sc(C(C)Nc2ncc(Cl)cn2)nc1C. The van der Waals surface area contributed by atoms with Crippen molar-refractivity contribution in [2.24, 2.45) is 0 Å². The maximum absolute atomic E-state index is 11.8. The van der Waals surface area contributed by atoms with Crippen molar-refractivity contribution in [2.45, 2.75) is 26.8 Å². The topological polar surface area (TPSA) is 77.0 Å². The summed E-state index contributed by atoms with van der Waals surface area (Å²) in [5.41, 5.74) is 0.666. The van der Waals surface area contributed by atoms with Crippen molar-refractivity contribution < 1.29 is 9.53 Å². The zero-order valence-corrected chi connectivity index (χ0v) is 13.5. The van der Waals surface area contributed by atoms with Crippen molar-refractivity contribution in [3.63, 3.8) is 0 Å². The minimum absolute atomic E-state index is 0.127. The summed E-state index contributed by atoms with van der Waals surface area (Å²) in [4.78, 5) is 24.8. The third kappa shape index (κ3) is 3.89. The van der Waals surface area contributed by atoms with E-state index in [1.54, 1.807) is 13.8 Å². The lowest BCUT2D eigenvalue weighted by Crippen LogP contribution is -2.08. The van der Waals surface area contributed by atoms with E-state index < -0.39 is 0 Å². The first kappa shape index (κ1) is 15.7. The minimum Gasteiger partial charge on any atom is -0.462 e. The summed E-state index contributed by atoms with van der Waals surface area (Å²) < 4.78 is 5.01. The van der Waals surface area contributed by atoms with Crippen molar-refractivity contribution in [3.05, 3.63) is 33.0 Å². The molecule has 0 saturated carbocycles. The molecule has 8 heteroatoms. The van der Waals surface area contributed by atoms with Gasteiger partial charge in [-0.25, -0.2) is 19.7 Å². The van der Waals surface area contributed by atoms with Gasteiger partial charge in [0, 0.05) is 0 Å². The molecule has 0 aromatic carbocycles. The van der Waals surface area contributed by atoms with Crippen molar-refractivity contribution in [1.29, 1.82) is 0 Å². The van der Waals surface area contributed by atoms with Crippen molar-refractivity contribution in [2.75, 3.05) is 11.9 Å². The standard InChI is InChI=1S/C13H15ClN4O2S/c1-4-20-12(19)10-7(2)17-11(21-10)8(3)18-13-15-5-9(14)6-16-13/h5-6,8H,4H2,1-3H3,(H,15,16,18). The van der Waals surface area contributed by atoms with Crippen molar-refractivity contribution >= 4 is 34.9 Å². The fourth-order valence-corrected chi connectivity index (χ4v) is 2.69. The fourth-order valence-electron chi connectivity index (χ4n) is 1.63. The van der Waals surface area contributed by atoms with Gasteiger partial charge >= 0.3 is 5.97 Å². The second-order valence-corrected chi connectivity index (χ2v) is 5.75. The normalized spacial score (nSPS) is 12.0. The molecule has 0 fully saturated rings. The number of hydrogen-bond donors (Lipinski definition) is 1. The maximum Gasteiger partial charge on any atom is 0.350 e. The van der Waals surface area contributed by atoms with E-state index in [4.69, 9.17) is 16.3 Å². The van der Waals surface area contributed by atoms with Gasteiger partial charge in [-0.05, 0) is 20.8 Å². The Balaban J connectivity index is 2.12. The third-order valence-electron chi connectivity index (χ3n) is 2.61. The molecule has 1 atom stereocenters. The van der Waals surface area contributed by atoms with Gasteiger partial charge in [-0.3, -0.25) is 0 Å². The molecule has 0 saturated heterocycles. The number of nitrogens with one attached hydrogen (secondary N) is 1. The van der Waals surface area contributed by atoms with E-state index in [2.05, 4.69) is 20.3 Å². The summed E-state index contributed by atoms with van der Waals surface area (Å²) in [6.45, 7) is 5.83. The lowest BCUT2D eigenvalue weighted by molar-refractivity contribution is 0.0531. The number of hydrogen-bond acceptors (Lipinski definition) is 7. The first-order chi connectivity index (χ1) is 10.0. The van der Waals surface area contributed by atoms with Crippen LogP contribution in [0.15, 0.2) is 12.4 Å². The number of halogens is 1. The Kier molecular flexibility index (Phi) is 5.08. The molecule has 2 heterocycles. The van der Waals surface area contributed by atoms with Gasteiger partial charge in [-0.15, -0.1) is 11.3 Å². The van der Waals surface area contributed by atoms with E-state index in [9.17, 15) is 4.79 Å². The molecule has 0 aliphatic carbocycles. The van der Waals surface area contributed by atoms with Gasteiger partial charge < -0.3 is 10.1 Å². The number of esters is 1. The molecule has 0 amide bonds. The first-order valence-electron chi connectivity index (χ1n) is 6.39. The third-order valence-corrected chi connectivity index (χ3v) is 4.13. The molecule has 0 aliphatic rings. The number of nitrogens with zero attached hydrogens (tertiary/aromatic N) is 3. The highest BCUT2D eigenvalue weighted by Gasteiger charge is 2.19. The largest absolute Gasteiger partial charge is 0.462 e. The van der Waals surface area contributed by atoms with Crippen LogP contribution in [0.1, 0.15) is 40.3 Å². The fraction of sp³-hybridized carbons (Fsp3) is 0.385. The zero-order chi connectivity index (χ0) is 15.4. The van der Waals surface area contributed by atoms with Gasteiger partial charge in [0.25, 0.3) is 0 Å². The summed E-state index contributed by atoms with van der Waals surface area (Å²) in [5.74, 6) is 0.117. The lowest BCUT2D eigenvalue weighted by atomic mass is 10.3. The van der Waals surface area contributed by atoms with Gasteiger partial charge in [0.1, 0.15) is 9.88 Å². The van der Waals surface area contributed by atoms with Crippen LogP contribution in [0.25, 0.3) is 0 Å². The van der Waals surface area contributed by atoms with Gasteiger partial charge in [-0.2, -0.15) is 0 Å². The number of aromatic nitrogens is 3. The number of thiazole rings is 1. The lowest BCUT2D eigenvalue weighted by Gasteiger charge is -2.10. The molecule has 1 unspecified atom stereocenters. The Morgan fingerprint density at radius 3 is 2.76 bits per heavy atom. The molecule has 1 N–H and O–H groups in total. The number of carbonyl (C=O) groups excluding carboxylic acids is 1. The number of carbonyl (C=O) groups is 1. The highest BCUT2D eigenvalue weighted by molar-refractivity contribution is 7.13. The molecule has 0 radical (unpaired) electrons. The van der Waals surface area contributed by atoms with Crippen molar-refractivity contribution in [3.8, 4) is 0 Å². The van der Waals surface area contributed by atoms with Gasteiger partial charge in [0.15, 0.2) is 0 Å². The van der Waals surface area contributed by atoms with E-state index in [-0.39, 0.29) is 12.0 Å². The van der Waals surface area contributed by atoms with Crippen LogP contribution in [-0.4, -0.2) is 27.5 Å². The van der Waals surface area contributed by atoms with Crippen LogP contribution in [0.3, 0.4) is 0 Å². The summed E-state index contributed by atoms with van der Waals surface area (Å²) >= 11 is 7.05. The first-order valence-corrected chi connectivity index (χ1v) is 7.59. The molecule has 0 spiro atoms. The van der Waals surface area contributed by atoms with E-state index in [1.165, 1.54) is 23.7 Å². The van der Waals surface area contributed by atoms with Crippen LogP contribution in [0.5, 0.6) is 0 Å². The predicted molar refractivity (Wildman–Crippen MR) is 81.9 cm³/mol. The Hall–Kier alpha value is -1.73. The quantitative estimate of drug-likeness (QED) is 0.850. The Labute approximate surface area is 131 Å². The van der Waals surface area contributed by atoms with E-state index in [0.29, 0.717) is 28.1 Å². The number of ether oxygens (including phenoxy) is 1. The van der Waals surface area contributed by atoms with Gasteiger partial charge in [-0.1, -0.05) is 11.6 Å². The van der Waals surface area contributed by atoms with Gasteiger partial charge in [0.2, 0.25) is 5.95 Å². The van der Waals surface area contributed by atoms with Crippen LogP contribution in [-0.2, 0) is 4.74 Å². The molecule has 2 aromatic heterocycles. The van der Waals surface area contributed by atoms with E-state index in [1.807, 2.05) is 6.92 Å². The molecule has 21 heavy (non-hydrogen) atoms. The molecular weight excluding hydrogens is 312 g/mol. The number of aryl methyl sites for hydroxylation is 1. The van der Waals surface area contributed by atoms with Crippen LogP contribution < -0.4 is 5.32 Å². The summed E-state index contributed by atoms with van der Waals surface area (Å²) in [6.07, 6.45) is 3.03. The summed E-state index contributed by atoms with van der Waals surface area (Å²) in [6, 6.07) is -0.127. The highest BCUT2D eigenvalue weighted by Crippen LogP contribution is 2.26. The van der Waals surface area contributed by atoms with Crippen LogP contribution in [0, 0.1) is 6.92 Å². The minimum atomic E-state index is -0.339. The molecule has 0 aliphatic heterocycles. The Morgan fingerprint density at radius 1 is 1.48 bits per heavy atom. The Morgan fingerprint density at radius 2 is 2.14 bits per heavy atom. The molecular formula is C13H15ClN4O2S. The average molecular weight is 327 g/mol. The monoisotopic (exact) mass is 326 g/mol. The number of rotatable bonds is 5. The van der Waals surface area contributed by atoms with Crippen LogP contribution in [0.4, 0.5) is 5.95 Å². The number of anilines is 1. The molecule has 0 bridgehead atoms. The average Bonchev–Trinajstić information content (AvgIpc) is 2.84. The van der Waals surface area contributed by atoms with Crippen LogP contribution in [0.2, 0.25) is 5.02 Å². The second kappa shape index (κ2) is 6.82. The second-order valence-electron chi connectivity index (χ2n) is 4.28. The molecule has 2 rings (SSSR count). The molecule has 2 aromatic rings. The smallest absolute Gasteiger partial charge is 0.350 e. The van der Waals surface area contributed by atoms with E-state index >= 15 is 0 Å². The Bertz CT molecular complexity index is 630. The van der Waals surface area contributed by atoms with Crippen molar-refractivity contribution in [1.82, 2.24) is 15.0 Å². The highest BCUT2D eigenvalue weighted by atomic mass is 35.5. The van der Waals surface area contributed by atoms with Crippen LogP contribution >= 0.6 is 22.9 Å². The zero-order valence-electron chi connectivity index (χ0n) is 11.9. The maximum atomic E-state index is 11.8. The predicted octanol–water partition coefficient (Wildman–Crippen LogP) is 3.24. The summed E-state index contributed by atoms with van der Waals surface area (Å²) in [5, 5.41) is 4.36. The molecule has 112 valence electrons. The molecule has 6 nitrogen and oxygen atoms in total. The van der Waals surface area contributed by atoms with E-state index in [0.717, 1.165) is 5.01 Å². The summed E-state index contributed by atoms with van der Waals surface area (Å²) in [7, 11) is 0.